The lowest BCUT2D eigenvalue weighted by Gasteiger charge is -2.06. The van der Waals surface area contributed by atoms with Gasteiger partial charge in [-0.15, -0.1) is 0 Å². The SMILES string of the molecule is CC(C)=CCC/C(C)=C/C/C=C(/C)[C@@H](O)CBr. The molecule has 0 spiro atoms. The van der Waals surface area contributed by atoms with E-state index in [0.29, 0.717) is 5.33 Å². The molecule has 17 heavy (non-hydrogen) atoms. The molecule has 0 aliphatic heterocycles. The maximum absolute atomic E-state index is 9.55. The minimum absolute atomic E-state index is 0.352. The van der Waals surface area contributed by atoms with Gasteiger partial charge in [0.2, 0.25) is 0 Å². The smallest absolute Gasteiger partial charge is 0.0844 e. The Labute approximate surface area is 114 Å². The fourth-order valence-corrected chi connectivity index (χ4v) is 1.90. The van der Waals surface area contributed by atoms with Crippen LogP contribution in [-0.4, -0.2) is 16.5 Å². The van der Waals surface area contributed by atoms with Gasteiger partial charge in [0.1, 0.15) is 0 Å². The molecule has 0 rings (SSSR count). The molecule has 0 fully saturated rings. The summed E-state index contributed by atoms with van der Waals surface area (Å²) in [5, 5.41) is 10.2. The molecule has 0 heterocycles. The zero-order valence-corrected chi connectivity index (χ0v) is 13.0. The molecule has 0 bridgehead atoms. The van der Waals surface area contributed by atoms with Crippen molar-refractivity contribution in [1.82, 2.24) is 0 Å². The van der Waals surface area contributed by atoms with Gasteiger partial charge in [-0.05, 0) is 52.5 Å². The lowest BCUT2D eigenvalue weighted by molar-refractivity contribution is 0.237. The molecule has 0 aromatic carbocycles. The van der Waals surface area contributed by atoms with Gasteiger partial charge in [0, 0.05) is 5.33 Å². The standard InChI is InChI=1S/C15H25BrO/c1-12(2)7-5-8-13(3)9-6-10-14(4)15(17)11-16/h7,9-10,15,17H,5-6,8,11H2,1-4H3/b13-9+,14-10-/t15-/m0/s1. The molecule has 1 atom stereocenters. The van der Waals surface area contributed by atoms with Gasteiger partial charge in [-0.25, -0.2) is 0 Å². The number of allylic oxidation sites excluding steroid dienone is 5. The van der Waals surface area contributed by atoms with Crippen LogP contribution in [0.25, 0.3) is 0 Å². The van der Waals surface area contributed by atoms with Crippen LogP contribution in [0.3, 0.4) is 0 Å². The van der Waals surface area contributed by atoms with Gasteiger partial charge >= 0.3 is 0 Å². The Morgan fingerprint density at radius 2 is 1.76 bits per heavy atom. The number of rotatable bonds is 7. The van der Waals surface area contributed by atoms with E-state index in [-0.39, 0.29) is 6.10 Å². The number of hydrogen-bond acceptors (Lipinski definition) is 1. The van der Waals surface area contributed by atoms with Gasteiger partial charge in [-0.3, -0.25) is 0 Å². The molecule has 0 aromatic rings. The Kier molecular flexibility index (Phi) is 9.47. The van der Waals surface area contributed by atoms with Crippen molar-refractivity contribution in [2.75, 3.05) is 5.33 Å². The zero-order chi connectivity index (χ0) is 13.3. The van der Waals surface area contributed by atoms with Crippen LogP contribution in [0.5, 0.6) is 0 Å². The van der Waals surface area contributed by atoms with Crippen molar-refractivity contribution in [3.8, 4) is 0 Å². The third kappa shape index (κ3) is 9.37. The predicted octanol–water partition coefficient (Wildman–Crippen LogP) is 4.77. The lowest BCUT2D eigenvalue weighted by atomic mass is 10.1. The number of aliphatic hydroxyl groups excluding tert-OH is 1. The van der Waals surface area contributed by atoms with Crippen molar-refractivity contribution in [3.05, 3.63) is 34.9 Å². The molecule has 1 N–H and O–H groups in total. The first-order valence-electron chi connectivity index (χ1n) is 6.17. The van der Waals surface area contributed by atoms with E-state index in [4.69, 9.17) is 0 Å². The monoisotopic (exact) mass is 300 g/mol. The highest BCUT2D eigenvalue weighted by atomic mass is 79.9. The zero-order valence-electron chi connectivity index (χ0n) is 11.5. The topological polar surface area (TPSA) is 20.2 Å². The molecule has 1 nitrogen and oxygen atoms in total. The summed E-state index contributed by atoms with van der Waals surface area (Å²) in [5.74, 6) is 0. The van der Waals surface area contributed by atoms with Crippen LogP contribution < -0.4 is 0 Å². The van der Waals surface area contributed by atoms with Gasteiger partial charge in [-0.1, -0.05) is 45.3 Å². The molecular formula is C15H25BrO. The number of alkyl halides is 1. The van der Waals surface area contributed by atoms with Crippen LogP contribution in [0.2, 0.25) is 0 Å². The Hall–Kier alpha value is -0.340. The fraction of sp³-hybridized carbons (Fsp3) is 0.600. The quantitative estimate of drug-likeness (QED) is 0.530. The second kappa shape index (κ2) is 9.67. The van der Waals surface area contributed by atoms with E-state index in [1.807, 2.05) is 6.92 Å². The van der Waals surface area contributed by atoms with Crippen molar-refractivity contribution >= 4 is 15.9 Å². The predicted molar refractivity (Wildman–Crippen MR) is 80.6 cm³/mol. The Morgan fingerprint density at radius 1 is 1.12 bits per heavy atom. The summed E-state index contributed by atoms with van der Waals surface area (Å²) < 4.78 is 0. The van der Waals surface area contributed by atoms with E-state index in [0.717, 1.165) is 24.8 Å². The average molecular weight is 301 g/mol. The highest BCUT2D eigenvalue weighted by molar-refractivity contribution is 9.09. The maximum Gasteiger partial charge on any atom is 0.0844 e. The Morgan fingerprint density at radius 3 is 2.29 bits per heavy atom. The van der Waals surface area contributed by atoms with Crippen molar-refractivity contribution < 1.29 is 5.11 Å². The van der Waals surface area contributed by atoms with E-state index in [9.17, 15) is 5.11 Å². The molecule has 0 radical (unpaired) electrons. The molecule has 0 aliphatic rings. The van der Waals surface area contributed by atoms with Crippen LogP contribution >= 0.6 is 15.9 Å². The summed E-state index contributed by atoms with van der Waals surface area (Å²) in [6, 6.07) is 0. The molecule has 0 aromatic heterocycles. The van der Waals surface area contributed by atoms with Gasteiger partial charge in [-0.2, -0.15) is 0 Å². The summed E-state index contributed by atoms with van der Waals surface area (Å²) in [7, 11) is 0. The molecule has 0 amide bonds. The number of aliphatic hydroxyl groups is 1. The Bertz CT molecular complexity index is 296. The minimum Gasteiger partial charge on any atom is -0.388 e. The van der Waals surface area contributed by atoms with Crippen molar-refractivity contribution in [2.24, 2.45) is 0 Å². The van der Waals surface area contributed by atoms with E-state index in [1.54, 1.807) is 0 Å². The molecule has 0 saturated carbocycles. The van der Waals surface area contributed by atoms with Crippen LogP contribution in [0, 0.1) is 0 Å². The first kappa shape index (κ1) is 16.7. The summed E-state index contributed by atoms with van der Waals surface area (Å²) in [4.78, 5) is 0. The molecule has 2 heteroatoms. The van der Waals surface area contributed by atoms with E-state index >= 15 is 0 Å². The third-order valence-corrected chi connectivity index (χ3v) is 3.28. The fourth-order valence-electron chi connectivity index (χ4n) is 1.39. The highest BCUT2D eigenvalue weighted by Crippen LogP contribution is 2.10. The van der Waals surface area contributed by atoms with E-state index in [2.05, 4.69) is 54.9 Å². The molecule has 0 aliphatic carbocycles. The van der Waals surface area contributed by atoms with Gasteiger partial charge in [0.05, 0.1) is 6.10 Å². The van der Waals surface area contributed by atoms with Crippen LogP contribution in [0.15, 0.2) is 34.9 Å². The van der Waals surface area contributed by atoms with E-state index in [1.165, 1.54) is 11.1 Å². The normalized spacial score (nSPS) is 14.7. The van der Waals surface area contributed by atoms with Gasteiger partial charge in [0.25, 0.3) is 0 Å². The van der Waals surface area contributed by atoms with Crippen molar-refractivity contribution in [2.45, 2.75) is 53.1 Å². The lowest BCUT2D eigenvalue weighted by Crippen LogP contribution is -2.08. The first-order chi connectivity index (χ1) is 7.97. The molecule has 98 valence electrons. The number of hydrogen-bond donors (Lipinski definition) is 1. The van der Waals surface area contributed by atoms with Gasteiger partial charge in [0.15, 0.2) is 0 Å². The summed E-state index contributed by atoms with van der Waals surface area (Å²) >= 11 is 3.27. The maximum atomic E-state index is 9.55. The second-order valence-electron chi connectivity index (χ2n) is 4.72. The molecular weight excluding hydrogens is 276 g/mol. The number of halogens is 1. The summed E-state index contributed by atoms with van der Waals surface area (Å²) in [5.41, 5.74) is 3.84. The summed E-state index contributed by atoms with van der Waals surface area (Å²) in [6.07, 6.45) is 9.41. The molecule has 0 saturated heterocycles. The minimum atomic E-state index is -0.352. The van der Waals surface area contributed by atoms with Crippen LogP contribution in [0.4, 0.5) is 0 Å². The molecule has 0 unspecified atom stereocenters. The Balaban J connectivity index is 4.03. The largest absolute Gasteiger partial charge is 0.388 e. The third-order valence-electron chi connectivity index (χ3n) is 2.67. The van der Waals surface area contributed by atoms with Gasteiger partial charge < -0.3 is 5.11 Å². The van der Waals surface area contributed by atoms with Crippen molar-refractivity contribution in [3.63, 3.8) is 0 Å². The average Bonchev–Trinajstić information content (AvgIpc) is 2.27. The summed E-state index contributed by atoms with van der Waals surface area (Å²) in [6.45, 7) is 8.40. The van der Waals surface area contributed by atoms with Crippen molar-refractivity contribution in [1.29, 1.82) is 0 Å². The van der Waals surface area contributed by atoms with Crippen LogP contribution in [0.1, 0.15) is 47.0 Å². The van der Waals surface area contributed by atoms with Crippen LogP contribution in [-0.2, 0) is 0 Å². The highest BCUT2D eigenvalue weighted by Gasteiger charge is 2.01. The van der Waals surface area contributed by atoms with E-state index < -0.39 is 0 Å². The second-order valence-corrected chi connectivity index (χ2v) is 5.37. The first-order valence-corrected chi connectivity index (χ1v) is 7.29.